The zero-order valence-corrected chi connectivity index (χ0v) is 23.9. The molecule has 0 spiro atoms. The molecule has 1 amide bonds. The molecule has 0 unspecified atom stereocenters. The molecule has 4 nitrogen and oxygen atoms in total. The Morgan fingerprint density at radius 3 is 2.51 bits per heavy atom. The highest BCUT2D eigenvalue weighted by Crippen LogP contribution is 2.45. The lowest BCUT2D eigenvalue weighted by molar-refractivity contribution is -0.145. The molecule has 2 aromatic carbocycles. The molecular formula is C35H43N3O. The maximum absolute atomic E-state index is 14.0. The molecule has 0 radical (unpaired) electrons. The van der Waals surface area contributed by atoms with E-state index in [9.17, 15) is 4.79 Å². The summed E-state index contributed by atoms with van der Waals surface area (Å²) in [6, 6.07) is 18.9. The van der Waals surface area contributed by atoms with Crippen LogP contribution in [0.15, 0.2) is 60.3 Å². The van der Waals surface area contributed by atoms with Crippen molar-refractivity contribution in [1.29, 1.82) is 0 Å². The van der Waals surface area contributed by atoms with E-state index in [0.29, 0.717) is 23.8 Å². The lowest BCUT2D eigenvalue weighted by Crippen LogP contribution is -2.66. The third-order valence-corrected chi connectivity index (χ3v) is 10.2. The van der Waals surface area contributed by atoms with Gasteiger partial charge in [0.15, 0.2) is 0 Å². The van der Waals surface area contributed by atoms with Crippen LogP contribution >= 0.6 is 0 Å². The van der Waals surface area contributed by atoms with Gasteiger partial charge in [-0.15, -0.1) is 0 Å². The minimum absolute atomic E-state index is 0.159. The molecule has 0 N–H and O–H groups in total. The topological polar surface area (TPSA) is 28.5 Å². The molecule has 39 heavy (non-hydrogen) atoms. The van der Waals surface area contributed by atoms with Gasteiger partial charge in [0.25, 0.3) is 0 Å². The molecule has 5 heterocycles. The zero-order valence-electron chi connectivity index (χ0n) is 23.9. The van der Waals surface area contributed by atoms with Crippen molar-refractivity contribution < 1.29 is 4.79 Å². The van der Waals surface area contributed by atoms with Crippen LogP contribution in [0.3, 0.4) is 0 Å². The number of aromatic nitrogens is 1. The number of hydrogen-bond donors (Lipinski definition) is 0. The Labute approximate surface area is 233 Å². The highest BCUT2D eigenvalue weighted by atomic mass is 16.2. The molecule has 1 aromatic heterocycles. The number of carbonyl (C=O) groups excluding carboxylic acids is 1. The van der Waals surface area contributed by atoms with Gasteiger partial charge in [0, 0.05) is 53.4 Å². The first kappa shape index (κ1) is 25.1. The minimum Gasteiger partial charge on any atom is -0.342 e. The SMILES string of the molecule is CC(C)(C)c1ccc(Cn2cc(/C=C3\CC[C@@H]4[C@H]5CCCN6CCC[C@H](CN4C3=O)[C@@H]56)c3ccccc32)cc1. The van der Waals surface area contributed by atoms with Crippen molar-refractivity contribution in [3.05, 3.63) is 77.0 Å². The van der Waals surface area contributed by atoms with Crippen molar-refractivity contribution >= 4 is 22.9 Å². The molecule has 0 bridgehead atoms. The average Bonchev–Trinajstić information content (AvgIpc) is 3.27. The largest absolute Gasteiger partial charge is 0.342 e. The average molecular weight is 522 g/mol. The lowest BCUT2D eigenvalue weighted by atomic mass is 9.67. The highest BCUT2D eigenvalue weighted by Gasteiger charge is 2.51. The van der Waals surface area contributed by atoms with Crippen LogP contribution in [0.5, 0.6) is 0 Å². The number of nitrogens with zero attached hydrogens (tertiary/aromatic N) is 3. The standard InChI is InChI=1S/C35H43N3O/c1-35(2,3)28-15-12-24(13-16-28)21-37-22-27(29-9-4-5-11-31(29)37)20-25-14-17-32-30-10-7-19-36-18-6-8-26(33(30)36)23-38(32)34(25)39/h4-5,9,11-13,15-16,20,22,26,30,32-33H,6-8,10,14,17-19,21,23H2,1-3H3/b25-20+/t26-,30-,32-,33+/m1/s1. The molecule has 4 fully saturated rings. The highest BCUT2D eigenvalue weighted by molar-refractivity contribution is 6.01. The Morgan fingerprint density at radius 1 is 0.949 bits per heavy atom. The molecule has 4 heteroatoms. The third-order valence-electron chi connectivity index (χ3n) is 10.2. The second kappa shape index (κ2) is 9.66. The second-order valence-corrected chi connectivity index (χ2v) is 13.6. The van der Waals surface area contributed by atoms with Gasteiger partial charge in [-0.05, 0) is 92.1 Å². The number of para-hydroxylation sites is 1. The van der Waals surface area contributed by atoms with Crippen LogP contribution in [0, 0.1) is 11.8 Å². The number of amides is 1. The molecule has 4 aliphatic heterocycles. The Bertz CT molecular complexity index is 1410. The smallest absolute Gasteiger partial charge is 0.250 e. The van der Waals surface area contributed by atoms with Gasteiger partial charge in [0.05, 0.1) is 0 Å². The van der Waals surface area contributed by atoms with Crippen LogP contribution < -0.4 is 0 Å². The summed E-state index contributed by atoms with van der Waals surface area (Å²) >= 11 is 0. The van der Waals surface area contributed by atoms with Gasteiger partial charge in [-0.25, -0.2) is 0 Å². The van der Waals surface area contributed by atoms with Gasteiger partial charge in [-0.1, -0.05) is 63.2 Å². The summed E-state index contributed by atoms with van der Waals surface area (Å²) in [5, 5.41) is 1.24. The van der Waals surface area contributed by atoms with Crippen molar-refractivity contribution in [2.24, 2.45) is 11.8 Å². The summed E-state index contributed by atoms with van der Waals surface area (Å²) in [5.41, 5.74) is 6.24. The summed E-state index contributed by atoms with van der Waals surface area (Å²) < 4.78 is 2.36. The fraction of sp³-hybridized carbons (Fsp3) is 0.514. The van der Waals surface area contributed by atoms with Crippen LogP contribution in [-0.4, -0.2) is 52.0 Å². The first-order valence-electron chi connectivity index (χ1n) is 15.3. The van der Waals surface area contributed by atoms with Crippen LogP contribution in [0.2, 0.25) is 0 Å². The molecule has 0 saturated carbocycles. The molecule has 0 aliphatic carbocycles. The summed E-state index contributed by atoms with van der Waals surface area (Å²) in [4.78, 5) is 19.1. The van der Waals surface area contributed by atoms with Gasteiger partial charge in [-0.3, -0.25) is 9.69 Å². The van der Waals surface area contributed by atoms with E-state index in [1.54, 1.807) is 0 Å². The molecule has 7 rings (SSSR count). The minimum atomic E-state index is 0.159. The number of hydrogen-bond acceptors (Lipinski definition) is 2. The molecule has 3 aromatic rings. The van der Waals surface area contributed by atoms with Crippen molar-refractivity contribution in [3.63, 3.8) is 0 Å². The molecule has 204 valence electrons. The maximum atomic E-state index is 14.0. The third kappa shape index (κ3) is 4.45. The van der Waals surface area contributed by atoms with Gasteiger partial charge < -0.3 is 9.47 Å². The number of rotatable bonds is 3. The fourth-order valence-electron chi connectivity index (χ4n) is 8.34. The van der Waals surface area contributed by atoms with Crippen LogP contribution in [0.25, 0.3) is 17.0 Å². The van der Waals surface area contributed by atoms with Gasteiger partial charge in [0.1, 0.15) is 0 Å². The Hall–Kier alpha value is -2.85. The Kier molecular flexibility index (Phi) is 6.23. The Balaban J connectivity index is 1.17. The Morgan fingerprint density at radius 2 is 1.72 bits per heavy atom. The lowest BCUT2D eigenvalue weighted by Gasteiger charge is -2.58. The number of piperidine rings is 4. The number of carbonyl (C=O) groups is 1. The number of fused-ring (bicyclic) bond motifs is 3. The van der Waals surface area contributed by atoms with E-state index >= 15 is 0 Å². The first-order chi connectivity index (χ1) is 18.9. The predicted molar refractivity (Wildman–Crippen MR) is 160 cm³/mol. The van der Waals surface area contributed by atoms with E-state index in [1.165, 1.54) is 66.4 Å². The fourth-order valence-corrected chi connectivity index (χ4v) is 8.34. The van der Waals surface area contributed by atoms with Crippen LogP contribution in [0.4, 0.5) is 0 Å². The van der Waals surface area contributed by atoms with E-state index in [0.717, 1.165) is 37.5 Å². The van der Waals surface area contributed by atoms with E-state index in [2.05, 4.69) is 95.9 Å². The predicted octanol–water partition coefficient (Wildman–Crippen LogP) is 6.87. The first-order valence-corrected chi connectivity index (χ1v) is 15.3. The summed E-state index contributed by atoms with van der Waals surface area (Å²) in [6.07, 6.45) is 11.7. The van der Waals surface area contributed by atoms with E-state index < -0.39 is 0 Å². The molecule has 4 aliphatic rings. The van der Waals surface area contributed by atoms with E-state index in [-0.39, 0.29) is 5.41 Å². The second-order valence-electron chi connectivity index (χ2n) is 13.6. The zero-order chi connectivity index (χ0) is 26.7. The summed E-state index contributed by atoms with van der Waals surface area (Å²) in [7, 11) is 0. The number of benzene rings is 2. The van der Waals surface area contributed by atoms with Crippen molar-refractivity contribution in [2.45, 2.75) is 83.3 Å². The normalized spacial score (nSPS) is 28.5. The molecular weight excluding hydrogens is 478 g/mol. The molecule has 4 saturated heterocycles. The van der Waals surface area contributed by atoms with Crippen molar-refractivity contribution in [3.8, 4) is 0 Å². The van der Waals surface area contributed by atoms with Crippen LogP contribution in [0.1, 0.15) is 76.0 Å². The van der Waals surface area contributed by atoms with Gasteiger partial charge in [-0.2, -0.15) is 0 Å². The van der Waals surface area contributed by atoms with Crippen molar-refractivity contribution in [1.82, 2.24) is 14.4 Å². The van der Waals surface area contributed by atoms with Gasteiger partial charge >= 0.3 is 0 Å². The van der Waals surface area contributed by atoms with E-state index in [4.69, 9.17) is 0 Å². The summed E-state index contributed by atoms with van der Waals surface area (Å²) in [6.45, 7) is 11.1. The quantitative estimate of drug-likeness (QED) is 0.352. The monoisotopic (exact) mass is 521 g/mol. The molecule has 4 atom stereocenters. The summed E-state index contributed by atoms with van der Waals surface area (Å²) in [5.74, 6) is 1.65. The van der Waals surface area contributed by atoms with Crippen molar-refractivity contribution in [2.75, 3.05) is 19.6 Å². The van der Waals surface area contributed by atoms with Gasteiger partial charge in [0.2, 0.25) is 5.91 Å². The maximum Gasteiger partial charge on any atom is 0.250 e. The van der Waals surface area contributed by atoms with E-state index in [1.807, 2.05) is 0 Å². The van der Waals surface area contributed by atoms with Crippen LogP contribution in [-0.2, 0) is 16.8 Å².